The van der Waals surface area contributed by atoms with Crippen molar-refractivity contribution in [1.82, 2.24) is 0 Å². The molecule has 202 valence electrons. The number of esters is 1. The van der Waals surface area contributed by atoms with Crippen molar-refractivity contribution in [3.63, 3.8) is 0 Å². The summed E-state index contributed by atoms with van der Waals surface area (Å²) in [5.74, 6) is 3.22. The van der Waals surface area contributed by atoms with Crippen LogP contribution in [0.4, 0.5) is 0 Å². The van der Waals surface area contributed by atoms with Crippen molar-refractivity contribution >= 4 is 20.0 Å². The van der Waals surface area contributed by atoms with E-state index in [4.69, 9.17) is 28.1 Å². The molecule has 0 saturated heterocycles. The third kappa shape index (κ3) is 7.68. The van der Waals surface area contributed by atoms with E-state index in [-0.39, 0.29) is 5.97 Å². The highest BCUT2D eigenvalue weighted by Crippen LogP contribution is 2.38. The molecular weight excluding hydrogens is 488 g/mol. The first-order valence-corrected chi connectivity index (χ1v) is 16.3. The van der Waals surface area contributed by atoms with Gasteiger partial charge in [0.25, 0.3) is 0 Å². The van der Waals surface area contributed by atoms with Gasteiger partial charge in [0.05, 0.1) is 33.0 Å². The van der Waals surface area contributed by atoms with Crippen molar-refractivity contribution in [2.45, 2.75) is 64.8 Å². The fourth-order valence-corrected chi connectivity index (χ4v) is 5.13. The average Bonchev–Trinajstić information content (AvgIpc) is 2.87. The number of hydrogen-bond donors (Lipinski definition) is 0. The summed E-state index contributed by atoms with van der Waals surface area (Å²) in [7, 11) is 1.25. The van der Waals surface area contributed by atoms with Gasteiger partial charge in [-0.1, -0.05) is 26.0 Å². The first kappa shape index (κ1) is 28.4. The quantitative estimate of drug-likeness (QED) is 0.133. The van der Waals surface area contributed by atoms with E-state index in [0.29, 0.717) is 43.3 Å². The predicted octanol–water partition coefficient (Wildman–Crippen LogP) is 6.18. The van der Waals surface area contributed by atoms with Gasteiger partial charge in [0.1, 0.15) is 28.8 Å². The van der Waals surface area contributed by atoms with Gasteiger partial charge in [0.15, 0.2) is 6.10 Å². The fourth-order valence-electron chi connectivity index (χ4n) is 4.28. The minimum atomic E-state index is -1.79. The Morgan fingerprint density at radius 1 is 1.11 bits per heavy atom. The van der Waals surface area contributed by atoms with Crippen LogP contribution >= 0.6 is 0 Å². The van der Waals surface area contributed by atoms with Gasteiger partial charge in [-0.15, -0.1) is 0 Å². The molecule has 2 aromatic carbocycles. The first-order chi connectivity index (χ1) is 17.7. The number of fused-ring (bicyclic) bond motifs is 1. The predicted molar refractivity (Wildman–Crippen MR) is 147 cm³/mol. The van der Waals surface area contributed by atoms with Gasteiger partial charge in [-0.3, -0.25) is 0 Å². The second-order valence-electron chi connectivity index (χ2n) is 10.00. The Hall–Kier alpha value is -3.13. The minimum absolute atomic E-state index is 0.353. The van der Waals surface area contributed by atoms with Crippen LogP contribution in [0.25, 0.3) is 5.76 Å². The molecule has 0 bridgehead atoms. The minimum Gasteiger partial charge on any atom is -0.544 e. The highest BCUT2D eigenvalue weighted by atomic mass is 28.4. The SMILES string of the molecule is C=C(O[Si](C)(C)C)c1ccc(OCCCOc2ccc3c(c2)OC(C(=O)OC)CC3)c(CCC)c1OC. The molecule has 3 rings (SSSR count). The number of aryl methyl sites for hydroxylation is 1. The van der Waals surface area contributed by atoms with Crippen molar-refractivity contribution in [3.8, 4) is 23.0 Å². The summed E-state index contributed by atoms with van der Waals surface area (Å²) in [5.41, 5.74) is 2.96. The highest BCUT2D eigenvalue weighted by Gasteiger charge is 2.27. The van der Waals surface area contributed by atoms with Crippen LogP contribution in [0.15, 0.2) is 36.9 Å². The molecule has 1 aliphatic rings. The molecule has 0 aliphatic carbocycles. The van der Waals surface area contributed by atoms with Gasteiger partial charge in [0.2, 0.25) is 8.32 Å². The molecular formula is C29H40O7Si. The van der Waals surface area contributed by atoms with Gasteiger partial charge < -0.3 is 28.1 Å². The van der Waals surface area contributed by atoms with E-state index >= 15 is 0 Å². The number of ether oxygens (including phenoxy) is 5. The molecule has 2 aromatic rings. The summed E-state index contributed by atoms with van der Waals surface area (Å²) < 4.78 is 34.6. The lowest BCUT2D eigenvalue weighted by Crippen LogP contribution is -2.32. The Kier molecular flexibility index (Phi) is 9.91. The molecule has 7 nitrogen and oxygen atoms in total. The van der Waals surface area contributed by atoms with Crippen LogP contribution in [-0.2, 0) is 26.8 Å². The van der Waals surface area contributed by atoms with Crippen molar-refractivity contribution in [2.75, 3.05) is 27.4 Å². The standard InChI is InChI=1S/C29H40O7Si/c1-8-10-24-25(16-14-23(28(24)31-3)20(2)36-37(5,6)7)34-18-9-17-33-22-13-11-21-12-15-26(29(30)32-4)35-27(21)19-22/h11,13-14,16,19,26H,2,8-10,12,15,17-18H2,1,3-7H3. The summed E-state index contributed by atoms with van der Waals surface area (Å²) in [6.45, 7) is 13.7. The first-order valence-electron chi connectivity index (χ1n) is 12.9. The lowest BCUT2D eigenvalue weighted by atomic mass is 10.0. The summed E-state index contributed by atoms with van der Waals surface area (Å²) >= 11 is 0. The molecule has 1 heterocycles. The van der Waals surface area contributed by atoms with Crippen molar-refractivity contribution in [3.05, 3.63) is 53.6 Å². The van der Waals surface area contributed by atoms with Crippen molar-refractivity contribution in [2.24, 2.45) is 0 Å². The summed E-state index contributed by atoms with van der Waals surface area (Å²) in [5, 5.41) is 0. The molecule has 0 aromatic heterocycles. The highest BCUT2D eigenvalue weighted by molar-refractivity contribution is 6.70. The summed E-state index contributed by atoms with van der Waals surface area (Å²) in [4.78, 5) is 11.8. The third-order valence-corrected chi connectivity index (χ3v) is 6.77. The number of rotatable bonds is 13. The fraction of sp³-hybridized carbons (Fsp3) is 0.483. The summed E-state index contributed by atoms with van der Waals surface area (Å²) in [6.07, 6.45) is 3.29. The molecule has 0 amide bonds. The largest absolute Gasteiger partial charge is 0.544 e. The lowest BCUT2D eigenvalue weighted by molar-refractivity contribution is -0.149. The van der Waals surface area contributed by atoms with E-state index < -0.39 is 14.4 Å². The Morgan fingerprint density at radius 3 is 2.54 bits per heavy atom. The molecule has 0 radical (unpaired) electrons. The zero-order valence-corrected chi connectivity index (χ0v) is 24.0. The lowest BCUT2D eigenvalue weighted by Gasteiger charge is -2.24. The van der Waals surface area contributed by atoms with Crippen LogP contribution in [-0.4, -0.2) is 47.8 Å². The number of carbonyl (C=O) groups excluding carboxylic acids is 1. The number of benzene rings is 2. The van der Waals surface area contributed by atoms with Crippen LogP contribution in [0.2, 0.25) is 19.6 Å². The van der Waals surface area contributed by atoms with E-state index in [1.165, 1.54) is 7.11 Å². The monoisotopic (exact) mass is 528 g/mol. The van der Waals surface area contributed by atoms with Gasteiger partial charge in [-0.2, -0.15) is 0 Å². The maximum atomic E-state index is 11.8. The second kappa shape index (κ2) is 12.9. The number of methoxy groups -OCH3 is 2. The van der Waals surface area contributed by atoms with Gasteiger partial charge in [0, 0.05) is 18.1 Å². The van der Waals surface area contributed by atoms with Crippen LogP contribution in [0, 0.1) is 0 Å². The molecule has 1 aliphatic heterocycles. The van der Waals surface area contributed by atoms with Crippen LogP contribution in [0.1, 0.15) is 42.9 Å². The molecule has 0 N–H and O–H groups in total. The topological polar surface area (TPSA) is 72.5 Å². The molecule has 1 unspecified atom stereocenters. The van der Waals surface area contributed by atoms with E-state index in [2.05, 4.69) is 33.1 Å². The molecule has 37 heavy (non-hydrogen) atoms. The maximum absolute atomic E-state index is 11.8. The van der Waals surface area contributed by atoms with Gasteiger partial charge >= 0.3 is 5.97 Å². The van der Waals surface area contributed by atoms with Gasteiger partial charge in [-0.05, 0) is 62.7 Å². The van der Waals surface area contributed by atoms with Crippen molar-refractivity contribution in [1.29, 1.82) is 0 Å². The van der Waals surface area contributed by atoms with E-state index in [0.717, 1.165) is 47.5 Å². The smallest absolute Gasteiger partial charge is 0.347 e. The molecule has 1 atom stereocenters. The summed E-state index contributed by atoms with van der Waals surface area (Å²) in [6, 6.07) is 9.69. The van der Waals surface area contributed by atoms with Crippen LogP contribution in [0.5, 0.6) is 23.0 Å². The Morgan fingerprint density at radius 2 is 1.86 bits per heavy atom. The Labute approximate surface area is 221 Å². The average molecular weight is 529 g/mol. The van der Waals surface area contributed by atoms with Gasteiger partial charge in [-0.25, -0.2) is 4.79 Å². The third-order valence-electron chi connectivity index (χ3n) is 5.91. The molecule has 0 saturated carbocycles. The number of carbonyl (C=O) groups is 1. The Balaban J connectivity index is 1.59. The van der Waals surface area contributed by atoms with Crippen LogP contribution in [0.3, 0.4) is 0 Å². The van der Waals surface area contributed by atoms with Crippen molar-refractivity contribution < 1.29 is 32.9 Å². The van der Waals surface area contributed by atoms with E-state index in [1.807, 2.05) is 30.3 Å². The Bertz CT molecular complexity index is 1090. The second-order valence-corrected chi connectivity index (χ2v) is 14.4. The zero-order chi connectivity index (χ0) is 27.0. The van der Waals surface area contributed by atoms with Crippen LogP contribution < -0.4 is 18.9 Å². The molecule has 0 fully saturated rings. The van der Waals surface area contributed by atoms with E-state index in [9.17, 15) is 4.79 Å². The van der Waals surface area contributed by atoms with E-state index in [1.54, 1.807) is 7.11 Å². The molecule has 0 spiro atoms. The molecule has 8 heteroatoms. The normalized spacial score (nSPS) is 14.7. The number of hydrogen-bond acceptors (Lipinski definition) is 7. The maximum Gasteiger partial charge on any atom is 0.347 e. The zero-order valence-electron chi connectivity index (χ0n) is 23.0.